The van der Waals surface area contributed by atoms with Crippen LogP contribution < -0.4 is 5.32 Å². The Bertz CT molecular complexity index is 349. The van der Waals surface area contributed by atoms with E-state index in [2.05, 4.69) is 5.32 Å². The Kier molecular flexibility index (Phi) is 4.45. The van der Waals surface area contributed by atoms with Gasteiger partial charge >= 0.3 is 0 Å². The van der Waals surface area contributed by atoms with Crippen molar-refractivity contribution < 1.29 is 14.3 Å². The van der Waals surface area contributed by atoms with Gasteiger partial charge in [0.05, 0.1) is 6.10 Å². The fraction of sp³-hybridized carbons (Fsp3) is 0.857. The van der Waals surface area contributed by atoms with Crippen LogP contribution in [0, 0.1) is 0 Å². The second kappa shape index (κ2) is 5.90. The van der Waals surface area contributed by atoms with Crippen LogP contribution in [-0.4, -0.2) is 48.1 Å². The molecule has 1 atom stereocenters. The zero-order valence-electron chi connectivity index (χ0n) is 11.9. The van der Waals surface area contributed by atoms with Crippen LogP contribution in [0.25, 0.3) is 0 Å². The summed E-state index contributed by atoms with van der Waals surface area (Å²) in [5, 5.41) is 2.81. The van der Waals surface area contributed by atoms with Gasteiger partial charge in [0.15, 0.2) is 0 Å². The van der Waals surface area contributed by atoms with Crippen molar-refractivity contribution in [2.24, 2.45) is 0 Å². The molecule has 2 aliphatic rings. The Labute approximate surface area is 114 Å². The zero-order chi connectivity index (χ0) is 13.9. The number of carbonyl (C=O) groups is 2. The Morgan fingerprint density at radius 1 is 1.47 bits per heavy atom. The van der Waals surface area contributed by atoms with Crippen LogP contribution in [0.1, 0.15) is 46.0 Å². The predicted octanol–water partition coefficient (Wildman–Crippen LogP) is 1.07. The van der Waals surface area contributed by atoms with Crippen LogP contribution >= 0.6 is 0 Å². The first-order chi connectivity index (χ1) is 9.01. The lowest BCUT2D eigenvalue weighted by Crippen LogP contribution is -2.63. The number of nitrogens with one attached hydrogen (secondary N) is 1. The summed E-state index contributed by atoms with van der Waals surface area (Å²) in [6, 6.07) is 0. The molecule has 1 unspecified atom stereocenters. The highest BCUT2D eigenvalue weighted by Crippen LogP contribution is 2.22. The van der Waals surface area contributed by atoms with Gasteiger partial charge in [-0.25, -0.2) is 0 Å². The van der Waals surface area contributed by atoms with Crippen LogP contribution in [-0.2, 0) is 14.3 Å². The highest BCUT2D eigenvalue weighted by Gasteiger charge is 2.40. The molecule has 2 heterocycles. The van der Waals surface area contributed by atoms with Gasteiger partial charge in [-0.3, -0.25) is 9.59 Å². The molecule has 108 valence electrons. The summed E-state index contributed by atoms with van der Waals surface area (Å²) in [6.45, 7) is 5.57. The van der Waals surface area contributed by atoms with Crippen LogP contribution in [0.15, 0.2) is 0 Å². The maximum atomic E-state index is 12.3. The third-order valence-corrected chi connectivity index (χ3v) is 4.11. The standard InChI is InChI=1S/C14H24N2O3/c1-14(2)13(18)15-8-9-16(14)12(17)7-6-11-5-3-4-10-19-11/h11H,3-10H2,1-2H3,(H,15,18). The molecule has 0 aliphatic carbocycles. The zero-order valence-corrected chi connectivity index (χ0v) is 11.9. The van der Waals surface area contributed by atoms with Crippen molar-refractivity contribution >= 4 is 11.8 Å². The lowest BCUT2D eigenvalue weighted by molar-refractivity contribution is -0.149. The molecule has 2 saturated heterocycles. The molecular formula is C14H24N2O3. The van der Waals surface area contributed by atoms with Crippen molar-refractivity contribution in [1.82, 2.24) is 10.2 Å². The van der Waals surface area contributed by atoms with Crippen molar-refractivity contribution in [3.8, 4) is 0 Å². The van der Waals surface area contributed by atoms with Gasteiger partial charge in [-0.2, -0.15) is 0 Å². The third-order valence-electron chi connectivity index (χ3n) is 4.11. The van der Waals surface area contributed by atoms with Crippen molar-refractivity contribution in [3.05, 3.63) is 0 Å². The Hall–Kier alpha value is -1.10. The largest absolute Gasteiger partial charge is 0.378 e. The SMILES string of the molecule is CC1(C)C(=O)NCCN1C(=O)CCC1CCCCO1. The summed E-state index contributed by atoms with van der Waals surface area (Å²) in [5.74, 6) is -0.00459. The van der Waals surface area contributed by atoms with Gasteiger partial charge in [0.25, 0.3) is 0 Å². The van der Waals surface area contributed by atoms with E-state index < -0.39 is 5.54 Å². The first-order valence-electron chi connectivity index (χ1n) is 7.22. The first-order valence-corrected chi connectivity index (χ1v) is 7.22. The molecule has 0 aromatic carbocycles. The van der Waals surface area contributed by atoms with E-state index in [0.717, 1.165) is 25.9 Å². The quantitative estimate of drug-likeness (QED) is 0.833. The average molecular weight is 268 g/mol. The van der Waals surface area contributed by atoms with Gasteiger partial charge in [0.1, 0.15) is 5.54 Å². The van der Waals surface area contributed by atoms with E-state index in [9.17, 15) is 9.59 Å². The number of hydrogen-bond donors (Lipinski definition) is 1. The fourth-order valence-corrected chi connectivity index (χ4v) is 2.79. The molecule has 1 N–H and O–H groups in total. The summed E-state index contributed by atoms with van der Waals surface area (Å²) in [5.41, 5.74) is -0.733. The van der Waals surface area contributed by atoms with Crippen LogP contribution in [0.5, 0.6) is 0 Å². The summed E-state index contributed by atoms with van der Waals surface area (Å²) in [6.07, 6.45) is 4.84. The number of amides is 2. The molecular weight excluding hydrogens is 244 g/mol. The minimum Gasteiger partial charge on any atom is -0.378 e. The molecule has 0 radical (unpaired) electrons. The van der Waals surface area contributed by atoms with Crippen molar-refractivity contribution in [2.45, 2.75) is 57.6 Å². The van der Waals surface area contributed by atoms with Gasteiger partial charge in [-0.05, 0) is 39.5 Å². The maximum absolute atomic E-state index is 12.3. The fourth-order valence-electron chi connectivity index (χ4n) is 2.79. The number of nitrogens with zero attached hydrogens (tertiary/aromatic N) is 1. The topological polar surface area (TPSA) is 58.6 Å². The smallest absolute Gasteiger partial charge is 0.245 e. The van der Waals surface area contributed by atoms with Gasteiger partial charge in [-0.1, -0.05) is 0 Å². The number of piperazine rings is 1. The number of hydrogen-bond acceptors (Lipinski definition) is 3. The molecule has 0 aromatic heterocycles. The molecule has 0 aromatic rings. The average Bonchev–Trinajstić information content (AvgIpc) is 2.40. The van der Waals surface area contributed by atoms with Crippen LogP contribution in [0.2, 0.25) is 0 Å². The Balaban J connectivity index is 1.86. The van der Waals surface area contributed by atoms with Crippen LogP contribution in [0.4, 0.5) is 0 Å². The second-order valence-electron chi connectivity index (χ2n) is 5.89. The van der Waals surface area contributed by atoms with Crippen molar-refractivity contribution in [1.29, 1.82) is 0 Å². The van der Waals surface area contributed by atoms with Crippen molar-refractivity contribution in [2.75, 3.05) is 19.7 Å². The summed E-state index contributed by atoms with van der Waals surface area (Å²) >= 11 is 0. The van der Waals surface area contributed by atoms with E-state index in [4.69, 9.17) is 4.74 Å². The predicted molar refractivity (Wildman–Crippen MR) is 71.6 cm³/mol. The molecule has 19 heavy (non-hydrogen) atoms. The maximum Gasteiger partial charge on any atom is 0.245 e. The molecule has 0 saturated carbocycles. The molecule has 2 amide bonds. The highest BCUT2D eigenvalue weighted by molar-refractivity contribution is 5.91. The van der Waals surface area contributed by atoms with E-state index in [1.807, 2.05) is 0 Å². The molecule has 5 heteroatoms. The van der Waals surface area contributed by atoms with Crippen molar-refractivity contribution in [3.63, 3.8) is 0 Å². The monoisotopic (exact) mass is 268 g/mol. The summed E-state index contributed by atoms with van der Waals surface area (Å²) < 4.78 is 5.64. The lowest BCUT2D eigenvalue weighted by atomic mass is 9.97. The van der Waals surface area contributed by atoms with Gasteiger partial charge < -0.3 is 15.0 Å². The van der Waals surface area contributed by atoms with E-state index in [-0.39, 0.29) is 17.9 Å². The Morgan fingerprint density at radius 2 is 2.26 bits per heavy atom. The van der Waals surface area contributed by atoms with Crippen LogP contribution in [0.3, 0.4) is 0 Å². The van der Waals surface area contributed by atoms with E-state index >= 15 is 0 Å². The van der Waals surface area contributed by atoms with E-state index in [1.165, 1.54) is 6.42 Å². The second-order valence-corrected chi connectivity index (χ2v) is 5.89. The molecule has 0 spiro atoms. The summed E-state index contributed by atoms with van der Waals surface area (Å²) in [4.78, 5) is 25.8. The van der Waals surface area contributed by atoms with Gasteiger partial charge in [-0.15, -0.1) is 0 Å². The minimum absolute atomic E-state index is 0.0639. The van der Waals surface area contributed by atoms with Gasteiger partial charge in [0.2, 0.25) is 11.8 Å². The molecule has 5 nitrogen and oxygen atoms in total. The first kappa shape index (κ1) is 14.3. The number of rotatable bonds is 3. The molecule has 2 rings (SSSR count). The lowest BCUT2D eigenvalue weighted by Gasteiger charge is -2.41. The molecule has 2 aliphatic heterocycles. The minimum atomic E-state index is -0.733. The summed E-state index contributed by atoms with van der Waals surface area (Å²) in [7, 11) is 0. The van der Waals surface area contributed by atoms with Gasteiger partial charge in [0, 0.05) is 26.1 Å². The van der Waals surface area contributed by atoms with E-state index in [0.29, 0.717) is 19.5 Å². The molecule has 2 fully saturated rings. The highest BCUT2D eigenvalue weighted by atomic mass is 16.5. The third kappa shape index (κ3) is 3.26. The van der Waals surface area contributed by atoms with E-state index in [1.54, 1.807) is 18.7 Å². The number of carbonyl (C=O) groups excluding carboxylic acids is 2. The number of ether oxygens (including phenoxy) is 1. The Morgan fingerprint density at radius 3 is 2.95 bits per heavy atom. The molecule has 0 bridgehead atoms. The normalized spacial score (nSPS) is 26.9.